The highest BCUT2D eigenvalue weighted by Gasteiger charge is 2.52. The molecule has 1 saturated carbocycles. The van der Waals surface area contributed by atoms with E-state index in [0.29, 0.717) is 37.4 Å². The lowest BCUT2D eigenvalue weighted by Crippen LogP contribution is -2.53. The van der Waals surface area contributed by atoms with Gasteiger partial charge in [0.25, 0.3) is 5.91 Å². The minimum atomic E-state index is -0.969. The van der Waals surface area contributed by atoms with Crippen molar-refractivity contribution in [3.05, 3.63) is 30.0 Å². The highest BCUT2D eigenvalue weighted by molar-refractivity contribution is 6.02. The third-order valence-electron chi connectivity index (χ3n) is 7.90. The lowest BCUT2D eigenvalue weighted by molar-refractivity contribution is -0.131. The molecule has 186 valence electrons. The third kappa shape index (κ3) is 4.21. The molecule has 2 aliphatic heterocycles. The molecule has 1 aromatic carbocycles. The van der Waals surface area contributed by atoms with E-state index >= 15 is 0 Å². The van der Waals surface area contributed by atoms with E-state index in [1.54, 1.807) is 18.1 Å². The summed E-state index contributed by atoms with van der Waals surface area (Å²) in [6.45, 7) is 1.04. The number of rotatable bonds is 7. The van der Waals surface area contributed by atoms with Crippen LogP contribution in [-0.2, 0) is 14.4 Å². The van der Waals surface area contributed by atoms with Gasteiger partial charge in [0.05, 0.1) is 7.11 Å². The van der Waals surface area contributed by atoms with E-state index in [1.807, 2.05) is 18.2 Å². The summed E-state index contributed by atoms with van der Waals surface area (Å²) in [6.07, 6.45) is 4.29. The van der Waals surface area contributed by atoms with Crippen LogP contribution >= 0.6 is 0 Å². The number of likely N-dealkylation sites (tertiary alicyclic amines) is 1. The van der Waals surface area contributed by atoms with Gasteiger partial charge in [-0.25, -0.2) is 0 Å². The lowest BCUT2D eigenvalue weighted by atomic mass is 9.67. The molecule has 1 aliphatic carbocycles. The van der Waals surface area contributed by atoms with E-state index < -0.39 is 23.9 Å². The predicted molar refractivity (Wildman–Crippen MR) is 127 cm³/mol. The number of H-pyrrole nitrogens is 1. The molecule has 5 rings (SSSR count). The van der Waals surface area contributed by atoms with Crippen LogP contribution in [0.3, 0.4) is 0 Å². The molecule has 5 N–H and O–H groups in total. The molecule has 3 fully saturated rings. The van der Waals surface area contributed by atoms with E-state index in [9.17, 15) is 19.2 Å². The van der Waals surface area contributed by atoms with Crippen LogP contribution in [0.15, 0.2) is 24.3 Å². The van der Waals surface area contributed by atoms with Gasteiger partial charge in [0, 0.05) is 29.9 Å². The molecule has 3 atom stereocenters. The van der Waals surface area contributed by atoms with Crippen LogP contribution < -0.4 is 21.1 Å². The number of ether oxygens (including phenoxy) is 1. The molecule has 3 unspecified atom stereocenters. The molecule has 2 saturated heterocycles. The van der Waals surface area contributed by atoms with Crippen LogP contribution in [0.25, 0.3) is 10.9 Å². The van der Waals surface area contributed by atoms with Crippen LogP contribution in [0.5, 0.6) is 5.75 Å². The summed E-state index contributed by atoms with van der Waals surface area (Å²) in [5.41, 5.74) is 6.65. The Balaban J connectivity index is 1.37. The molecule has 0 radical (unpaired) electrons. The first kappa shape index (κ1) is 23.2. The van der Waals surface area contributed by atoms with Crippen molar-refractivity contribution in [3.63, 3.8) is 0 Å². The van der Waals surface area contributed by atoms with Crippen molar-refractivity contribution in [1.82, 2.24) is 20.5 Å². The van der Waals surface area contributed by atoms with Gasteiger partial charge < -0.3 is 31.0 Å². The summed E-state index contributed by atoms with van der Waals surface area (Å²) in [6, 6.07) is 5.61. The topological polar surface area (TPSA) is 147 Å². The number of nitrogens with zero attached hydrogens (tertiary/aromatic N) is 1. The largest absolute Gasteiger partial charge is 0.496 e. The third-order valence-corrected chi connectivity index (χ3v) is 7.90. The zero-order chi connectivity index (χ0) is 24.7. The predicted octanol–water partition coefficient (Wildman–Crippen LogP) is 1.06. The molecule has 3 aliphatic rings. The summed E-state index contributed by atoms with van der Waals surface area (Å²) >= 11 is 0. The van der Waals surface area contributed by atoms with Gasteiger partial charge in [0.1, 0.15) is 23.5 Å². The van der Waals surface area contributed by atoms with Gasteiger partial charge in [0.2, 0.25) is 17.7 Å². The fraction of sp³-hybridized carbons (Fsp3) is 0.520. The van der Waals surface area contributed by atoms with E-state index in [4.69, 9.17) is 10.5 Å². The average molecular weight is 482 g/mol. The smallest absolute Gasteiger partial charge is 0.271 e. The number of amides is 4. The molecule has 35 heavy (non-hydrogen) atoms. The van der Waals surface area contributed by atoms with Crippen molar-refractivity contribution in [1.29, 1.82) is 0 Å². The number of fused-ring (bicyclic) bond motifs is 1. The molecule has 4 amide bonds. The van der Waals surface area contributed by atoms with Crippen LogP contribution in [0, 0.1) is 11.3 Å². The number of nitrogens with one attached hydrogen (secondary N) is 3. The number of hydrogen-bond donors (Lipinski definition) is 4. The molecular formula is C25H31N5O5. The lowest BCUT2D eigenvalue weighted by Gasteiger charge is -2.37. The maximum Gasteiger partial charge on any atom is 0.271 e. The maximum atomic E-state index is 13.6. The number of primary amides is 1. The van der Waals surface area contributed by atoms with Crippen molar-refractivity contribution in [2.45, 2.75) is 50.6 Å². The van der Waals surface area contributed by atoms with Crippen molar-refractivity contribution in [3.8, 4) is 5.75 Å². The van der Waals surface area contributed by atoms with Crippen molar-refractivity contribution in [2.75, 3.05) is 20.2 Å². The Bertz CT molecular complexity index is 1190. The van der Waals surface area contributed by atoms with E-state index in [1.165, 1.54) is 0 Å². The zero-order valence-corrected chi connectivity index (χ0v) is 19.8. The number of carbonyl (C=O) groups is 4. The molecular weight excluding hydrogens is 450 g/mol. The second kappa shape index (κ2) is 8.90. The maximum absolute atomic E-state index is 13.6. The van der Waals surface area contributed by atoms with Gasteiger partial charge in [-0.3, -0.25) is 19.2 Å². The van der Waals surface area contributed by atoms with Gasteiger partial charge >= 0.3 is 0 Å². The SMILES string of the molecule is COc1cccc2[nH]c(C(=O)N3CC4(CCC4)CC3C(=O)NC(CC3CCNC3=O)C(N)=O)cc12. The van der Waals surface area contributed by atoms with E-state index in [-0.39, 0.29) is 29.6 Å². The Kier molecular flexibility index (Phi) is 5.90. The second-order valence-corrected chi connectivity index (χ2v) is 10.1. The van der Waals surface area contributed by atoms with Gasteiger partial charge in [-0.1, -0.05) is 12.5 Å². The molecule has 10 nitrogen and oxygen atoms in total. The van der Waals surface area contributed by atoms with Gasteiger partial charge in [-0.2, -0.15) is 0 Å². The van der Waals surface area contributed by atoms with Gasteiger partial charge in [-0.05, 0) is 55.7 Å². The normalized spacial score (nSPS) is 23.7. The van der Waals surface area contributed by atoms with E-state index in [2.05, 4.69) is 15.6 Å². The fourth-order valence-electron chi connectivity index (χ4n) is 5.79. The van der Waals surface area contributed by atoms with Crippen LogP contribution in [0.4, 0.5) is 0 Å². The van der Waals surface area contributed by atoms with Crippen molar-refractivity contribution < 1.29 is 23.9 Å². The first-order valence-corrected chi connectivity index (χ1v) is 12.1. The number of carbonyl (C=O) groups excluding carboxylic acids is 4. The molecule has 3 heterocycles. The number of nitrogens with two attached hydrogens (primary N) is 1. The minimum absolute atomic E-state index is 0.0745. The first-order valence-electron chi connectivity index (χ1n) is 12.1. The highest BCUT2D eigenvalue weighted by Crippen LogP contribution is 2.50. The van der Waals surface area contributed by atoms with Crippen molar-refractivity contribution in [2.24, 2.45) is 17.1 Å². The number of hydrogen-bond acceptors (Lipinski definition) is 5. The highest BCUT2D eigenvalue weighted by atomic mass is 16.5. The zero-order valence-electron chi connectivity index (χ0n) is 19.8. The van der Waals surface area contributed by atoms with Crippen molar-refractivity contribution >= 4 is 34.5 Å². The second-order valence-electron chi connectivity index (χ2n) is 10.1. The Morgan fingerprint density at radius 2 is 2.11 bits per heavy atom. The molecule has 1 aromatic heterocycles. The molecule has 2 aromatic rings. The standard InChI is InChI=1S/C25H31N5O5/c1-35-20-5-2-4-16-15(20)11-18(28-16)24(34)30-13-25(7-3-8-25)12-19(30)23(33)29-17(21(26)31)10-14-6-9-27-22(14)32/h2,4-5,11,14,17,19,28H,3,6-10,12-13H2,1H3,(H2,26,31)(H,27,32)(H,29,33). The fourth-order valence-corrected chi connectivity index (χ4v) is 5.79. The Labute approximate surface area is 202 Å². The van der Waals surface area contributed by atoms with Gasteiger partial charge in [-0.15, -0.1) is 0 Å². The monoisotopic (exact) mass is 481 g/mol. The summed E-state index contributed by atoms with van der Waals surface area (Å²) in [5.74, 6) is -1.20. The Morgan fingerprint density at radius 3 is 2.74 bits per heavy atom. The molecule has 1 spiro atoms. The Morgan fingerprint density at radius 1 is 1.31 bits per heavy atom. The number of methoxy groups -OCH3 is 1. The summed E-state index contributed by atoms with van der Waals surface area (Å²) < 4.78 is 5.41. The number of aromatic amines is 1. The van der Waals surface area contributed by atoms with Crippen LogP contribution in [-0.4, -0.2) is 65.8 Å². The van der Waals surface area contributed by atoms with E-state index in [0.717, 1.165) is 30.2 Å². The van der Waals surface area contributed by atoms with Gasteiger partial charge in [0.15, 0.2) is 0 Å². The minimum Gasteiger partial charge on any atom is -0.496 e. The summed E-state index contributed by atoms with van der Waals surface area (Å²) in [5, 5.41) is 6.29. The number of benzene rings is 1. The Hall–Kier alpha value is -3.56. The van der Waals surface area contributed by atoms with Crippen LogP contribution in [0.1, 0.15) is 49.0 Å². The first-order chi connectivity index (χ1) is 16.8. The summed E-state index contributed by atoms with van der Waals surface area (Å²) in [4.78, 5) is 55.9. The van der Waals surface area contributed by atoms with Crippen LogP contribution in [0.2, 0.25) is 0 Å². The average Bonchev–Trinajstić information content (AvgIpc) is 3.54. The summed E-state index contributed by atoms with van der Waals surface area (Å²) in [7, 11) is 1.58. The quantitative estimate of drug-likeness (QED) is 0.467. The number of aromatic nitrogens is 1. The molecule has 10 heteroatoms. The molecule has 0 bridgehead atoms.